The molecule has 14 heavy (non-hydrogen) atoms. The van der Waals surface area contributed by atoms with Crippen molar-refractivity contribution in [3.8, 4) is 6.07 Å². The summed E-state index contributed by atoms with van der Waals surface area (Å²) in [6.45, 7) is 2.17. The van der Waals surface area contributed by atoms with E-state index in [1.54, 1.807) is 0 Å². The molecule has 0 saturated carbocycles. The zero-order valence-electron chi connectivity index (χ0n) is 8.51. The highest BCUT2D eigenvalue weighted by atomic mass is 15.2. The van der Waals surface area contributed by atoms with Crippen molar-refractivity contribution in [2.24, 2.45) is 0 Å². The van der Waals surface area contributed by atoms with Crippen molar-refractivity contribution < 1.29 is 0 Å². The van der Waals surface area contributed by atoms with Crippen LogP contribution in [0.4, 0.5) is 0 Å². The SMILES string of the molecule is C[C@H]1[C@@H](c2ccccc2)[C@H](C#N)N1C. The van der Waals surface area contributed by atoms with Gasteiger partial charge in [0.15, 0.2) is 0 Å². The molecule has 0 unspecified atom stereocenters. The van der Waals surface area contributed by atoms with Crippen LogP contribution in [0.15, 0.2) is 30.3 Å². The van der Waals surface area contributed by atoms with Gasteiger partial charge in [0, 0.05) is 12.0 Å². The lowest BCUT2D eigenvalue weighted by Crippen LogP contribution is -2.58. The molecule has 2 heteroatoms. The molecule has 0 amide bonds. The average molecular weight is 186 g/mol. The van der Waals surface area contributed by atoms with Crippen LogP contribution < -0.4 is 0 Å². The standard InChI is InChI=1S/C12H14N2/c1-9-12(11(8-13)14(9)2)10-6-4-3-5-7-10/h3-7,9,11-12H,1-2H3/t9-,11-,12-/m0/s1. The molecule has 0 radical (unpaired) electrons. The second-order valence-corrected chi connectivity index (χ2v) is 3.92. The second-order valence-electron chi connectivity index (χ2n) is 3.92. The fraction of sp³-hybridized carbons (Fsp3) is 0.417. The first-order valence-corrected chi connectivity index (χ1v) is 4.92. The molecular formula is C12H14N2. The Morgan fingerprint density at radius 1 is 1.29 bits per heavy atom. The van der Waals surface area contributed by atoms with Crippen LogP contribution in [0.2, 0.25) is 0 Å². The quantitative estimate of drug-likeness (QED) is 0.670. The van der Waals surface area contributed by atoms with Crippen molar-refractivity contribution >= 4 is 0 Å². The maximum atomic E-state index is 9.01. The highest BCUT2D eigenvalue weighted by molar-refractivity contribution is 5.30. The summed E-state index contributed by atoms with van der Waals surface area (Å²) in [5, 5.41) is 9.01. The molecular weight excluding hydrogens is 172 g/mol. The topological polar surface area (TPSA) is 27.0 Å². The summed E-state index contributed by atoms with van der Waals surface area (Å²) >= 11 is 0. The van der Waals surface area contributed by atoms with Gasteiger partial charge in [0.25, 0.3) is 0 Å². The van der Waals surface area contributed by atoms with Crippen LogP contribution in [0.25, 0.3) is 0 Å². The minimum Gasteiger partial charge on any atom is -0.287 e. The second kappa shape index (κ2) is 3.43. The van der Waals surface area contributed by atoms with Gasteiger partial charge in [0.2, 0.25) is 0 Å². The first-order chi connectivity index (χ1) is 6.75. The van der Waals surface area contributed by atoms with Gasteiger partial charge in [-0.2, -0.15) is 5.26 Å². The zero-order valence-corrected chi connectivity index (χ0v) is 8.51. The van der Waals surface area contributed by atoms with Crippen molar-refractivity contribution in [1.29, 1.82) is 5.26 Å². The van der Waals surface area contributed by atoms with Crippen molar-refractivity contribution in [2.75, 3.05) is 7.05 Å². The van der Waals surface area contributed by atoms with Crippen LogP contribution in [0, 0.1) is 11.3 Å². The molecule has 72 valence electrons. The van der Waals surface area contributed by atoms with Crippen LogP contribution in [-0.2, 0) is 0 Å². The van der Waals surface area contributed by atoms with Gasteiger partial charge < -0.3 is 0 Å². The van der Waals surface area contributed by atoms with E-state index >= 15 is 0 Å². The predicted octanol–water partition coefficient (Wildman–Crippen LogP) is 2.00. The molecule has 0 aliphatic carbocycles. The van der Waals surface area contributed by atoms with E-state index in [-0.39, 0.29) is 6.04 Å². The number of likely N-dealkylation sites (tertiary alicyclic amines) is 1. The lowest BCUT2D eigenvalue weighted by atomic mass is 9.77. The summed E-state index contributed by atoms with van der Waals surface area (Å²) in [6.07, 6.45) is 0. The summed E-state index contributed by atoms with van der Waals surface area (Å²) in [7, 11) is 2.01. The van der Waals surface area contributed by atoms with Gasteiger partial charge in [0.1, 0.15) is 6.04 Å². The van der Waals surface area contributed by atoms with E-state index < -0.39 is 0 Å². The zero-order chi connectivity index (χ0) is 10.1. The van der Waals surface area contributed by atoms with Crippen LogP contribution in [-0.4, -0.2) is 24.0 Å². The number of rotatable bonds is 1. The van der Waals surface area contributed by atoms with E-state index in [1.807, 2.05) is 25.2 Å². The smallest absolute Gasteiger partial charge is 0.106 e. The Morgan fingerprint density at radius 2 is 1.93 bits per heavy atom. The normalized spacial score (nSPS) is 31.9. The Kier molecular flexibility index (Phi) is 2.26. The van der Waals surface area contributed by atoms with Gasteiger partial charge in [0.05, 0.1) is 6.07 Å². The van der Waals surface area contributed by atoms with Gasteiger partial charge in [-0.05, 0) is 19.5 Å². The summed E-state index contributed by atoms with van der Waals surface area (Å²) in [4.78, 5) is 2.12. The lowest BCUT2D eigenvalue weighted by molar-refractivity contribution is 0.0587. The van der Waals surface area contributed by atoms with Crippen molar-refractivity contribution in [3.63, 3.8) is 0 Å². The Hall–Kier alpha value is -1.33. The molecule has 1 aromatic carbocycles. The third kappa shape index (κ3) is 1.21. The number of nitrogens with zero attached hydrogens (tertiary/aromatic N) is 2. The molecule has 0 N–H and O–H groups in total. The molecule has 0 aromatic heterocycles. The van der Waals surface area contributed by atoms with Crippen LogP contribution in [0.1, 0.15) is 18.4 Å². The van der Waals surface area contributed by atoms with Crippen molar-refractivity contribution in [1.82, 2.24) is 4.90 Å². The number of nitriles is 1. The molecule has 0 bridgehead atoms. The lowest BCUT2D eigenvalue weighted by Gasteiger charge is -2.48. The molecule has 1 aliphatic rings. The van der Waals surface area contributed by atoms with Gasteiger partial charge >= 0.3 is 0 Å². The largest absolute Gasteiger partial charge is 0.287 e. The first-order valence-electron chi connectivity index (χ1n) is 4.92. The van der Waals surface area contributed by atoms with E-state index in [0.29, 0.717) is 12.0 Å². The molecule has 2 rings (SSSR count). The molecule has 2 nitrogen and oxygen atoms in total. The molecule has 1 heterocycles. The fourth-order valence-electron chi connectivity index (χ4n) is 2.23. The minimum absolute atomic E-state index is 0.0485. The third-order valence-electron chi connectivity index (χ3n) is 3.26. The van der Waals surface area contributed by atoms with Crippen LogP contribution in [0.5, 0.6) is 0 Å². The van der Waals surface area contributed by atoms with E-state index in [2.05, 4.69) is 30.0 Å². The summed E-state index contributed by atoms with van der Waals surface area (Å²) in [6, 6.07) is 13.2. The summed E-state index contributed by atoms with van der Waals surface area (Å²) in [5.74, 6) is 0.381. The molecule has 0 spiro atoms. The molecule has 1 saturated heterocycles. The fourth-order valence-corrected chi connectivity index (χ4v) is 2.23. The summed E-state index contributed by atoms with van der Waals surface area (Å²) in [5.41, 5.74) is 1.28. The van der Waals surface area contributed by atoms with E-state index in [1.165, 1.54) is 5.56 Å². The number of hydrogen-bond donors (Lipinski definition) is 0. The van der Waals surface area contributed by atoms with Crippen LogP contribution >= 0.6 is 0 Å². The molecule has 1 aromatic rings. The molecule has 3 atom stereocenters. The highest BCUT2D eigenvalue weighted by Crippen LogP contribution is 2.38. The Labute approximate surface area is 84.8 Å². The maximum absolute atomic E-state index is 9.01. The van der Waals surface area contributed by atoms with Crippen molar-refractivity contribution in [3.05, 3.63) is 35.9 Å². The average Bonchev–Trinajstić information content (AvgIpc) is 2.25. The van der Waals surface area contributed by atoms with E-state index in [0.717, 1.165) is 0 Å². The maximum Gasteiger partial charge on any atom is 0.106 e. The van der Waals surface area contributed by atoms with Crippen molar-refractivity contribution in [2.45, 2.75) is 24.9 Å². The Balaban J connectivity index is 2.25. The number of likely N-dealkylation sites (N-methyl/N-ethyl adjacent to an activating group) is 1. The molecule has 1 fully saturated rings. The van der Waals surface area contributed by atoms with Gasteiger partial charge in [-0.25, -0.2) is 0 Å². The predicted molar refractivity (Wildman–Crippen MR) is 55.8 cm³/mol. The number of hydrogen-bond acceptors (Lipinski definition) is 2. The highest BCUT2D eigenvalue weighted by Gasteiger charge is 2.44. The Morgan fingerprint density at radius 3 is 2.50 bits per heavy atom. The van der Waals surface area contributed by atoms with Gasteiger partial charge in [-0.3, -0.25) is 4.90 Å². The van der Waals surface area contributed by atoms with Gasteiger partial charge in [-0.1, -0.05) is 30.3 Å². The first kappa shape index (κ1) is 9.23. The number of benzene rings is 1. The Bertz CT molecular complexity index is 352. The van der Waals surface area contributed by atoms with E-state index in [9.17, 15) is 0 Å². The minimum atomic E-state index is 0.0485. The third-order valence-corrected chi connectivity index (χ3v) is 3.26. The van der Waals surface area contributed by atoms with Gasteiger partial charge in [-0.15, -0.1) is 0 Å². The monoisotopic (exact) mass is 186 g/mol. The van der Waals surface area contributed by atoms with E-state index in [4.69, 9.17) is 5.26 Å². The molecule has 1 aliphatic heterocycles. The van der Waals surface area contributed by atoms with Crippen LogP contribution in [0.3, 0.4) is 0 Å². The summed E-state index contributed by atoms with van der Waals surface area (Å²) < 4.78 is 0.